The van der Waals surface area contributed by atoms with Crippen molar-refractivity contribution in [3.8, 4) is 0 Å². The predicted molar refractivity (Wildman–Crippen MR) is 60.3 cm³/mol. The highest BCUT2D eigenvalue weighted by Crippen LogP contribution is 2.18. The quantitative estimate of drug-likeness (QED) is 0.918. The van der Waals surface area contributed by atoms with E-state index >= 15 is 0 Å². The van der Waals surface area contributed by atoms with Gasteiger partial charge >= 0.3 is 0 Å². The minimum Gasteiger partial charge on any atom is -0.363 e. The van der Waals surface area contributed by atoms with Crippen LogP contribution in [0.1, 0.15) is 5.69 Å². The first-order valence-corrected chi connectivity index (χ1v) is 5.24. The van der Waals surface area contributed by atoms with E-state index < -0.39 is 0 Å². The van der Waals surface area contributed by atoms with Crippen molar-refractivity contribution >= 4 is 21.7 Å². The van der Waals surface area contributed by atoms with Gasteiger partial charge in [-0.3, -0.25) is 4.68 Å². The minimum atomic E-state index is 0.652. The third-order valence-electron chi connectivity index (χ3n) is 2.00. The lowest BCUT2D eigenvalue weighted by atomic mass is 10.4. The Hall–Kier alpha value is -1.43. The minimum absolute atomic E-state index is 0.652. The zero-order valence-electron chi connectivity index (χ0n) is 8.18. The molecule has 15 heavy (non-hydrogen) atoms. The van der Waals surface area contributed by atoms with Crippen LogP contribution in [-0.2, 0) is 13.6 Å². The standard InChI is InChI=1S/C9H10BrN5/c1-15-7(6-13-14-15)5-12-9-8(10)3-2-4-11-9/h2-4,6H,5H2,1H3,(H,11,12). The number of anilines is 1. The molecule has 0 saturated heterocycles. The summed E-state index contributed by atoms with van der Waals surface area (Å²) >= 11 is 3.42. The first-order valence-electron chi connectivity index (χ1n) is 4.45. The highest BCUT2D eigenvalue weighted by atomic mass is 79.9. The van der Waals surface area contributed by atoms with Crippen LogP contribution < -0.4 is 5.32 Å². The molecule has 6 heteroatoms. The molecule has 2 aromatic heterocycles. The summed E-state index contributed by atoms with van der Waals surface area (Å²) in [5, 5.41) is 10.8. The first-order chi connectivity index (χ1) is 7.27. The van der Waals surface area contributed by atoms with Gasteiger partial charge in [-0.2, -0.15) is 0 Å². The van der Waals surface area contributed by atoms with E-state index in [0.717, 1.165) is 16.0 Å². The van der Waals surface area contributed by atoms with Gasteiger partial charge in [0.05, 0.1) is 22.9 Å². The third kappa shape index (κ3) is 2.33. The molecule has 78 valence electrons. The van der Waals surface area contributed by atoms with E-state index in [9.17, 15) is 0 Å². The van der Waals surface area contributed by atoms with Gasteiger partial charge < -0.3 is 5.32 Å². The molecule has 2 heterocycles. The molecule has 0 atom stereocenters. The van der Waals surface area contributed by atoms with Gasteiger partial charge in [0.15, 0.2) is 0 Å². The topological polar surface area (TPSA) is 55.6 Å². The first kappa shape index (κ1) is 10.1. The molecule has 0 spiro atoms. The van der Waals surface area contributed by atoms with Gasteiger partial charge in [0, 0.05) is 13.2 Å². The Balaban J connectivity index is 2.06. The number of hydrogen-bond donors (Lipinski definition) is 1. The summed E-state index contributed by atoms with van der Waals surface area (Å²) in [6.07, 6.45) is 3.47. The number of rotatable bonds is 3. The number of nitrogens with zero attached hydrogens (tertiary/aromatic N) is 4. The molecule has 0 aromatic carbocycles. The van der Waals surface area contributed by atoms with Crippen LogP contribution >= 0.6 is 15.9 Å². The van der Waals surface area contributed by atoms with Crippen molar-refractivity contribution in [3.63, 3.8) is 0 Å². The van der Waals surface area contributed by atoms with Gasteiger partial charge in [0.1, 0.15) is 5.82 Å². The molecule has 0 aliphatic heterocycles. The van der Waals surface area contributed by atoms with Crippen molar-refractivity contribution in [3.05, 3.63) is 34.7 Å². The van der Waals surface area contributed by atoms with Crippen LogP contribution in [0, 0.1) is 0 Å². The molecule has 0 fully saturated rings. The average Bonchev–Trinajstić information content (AvgIpc) is 2.63. The molecule has 0 saturated carbocycles. The predicted octanol–water partition coefficient (Wildman–Crippen LogP) is 1.58. The number of aryl methyl sites for hydroxylation is 1. The van der Waals surface area contributed by atoms with Gasteiger partial charge in [-0.1, -0.05) is 5.21 Å². The van der Waals surface area contributed by atoms with Gasteiger partial charge in [-0.25, -0.2) is 4.98 Å². The molecule has 0 aliphatic rings. The molecule has 0 aliphatic carbocycles. The zero-order valence-corrected chi connectivity index (χ0v) is 9.77. The Kier molecular flexibility index (Phi) is 2.96. The Labute approximate surface area is 95.7 Å². The normalized spacial score (nSPS) is 10.3. The van der Waals surface area contributed by atoms with Crippen LogP contribution in [0.25, 0.3) is 0 Å². The Morgan fingerprint density at radius 2 is 2.40 bits per heavy atom. The van der Waals surface area contributed by atoms with Crippen molar-refractivity contribution in [1.29, 1.82) is 0 Å². The number of aromatic nitrogens is 4. The van der Waals surface area contributed by atoms with E-state index in [1.54, 1.807) is 17.1 Å². The fourth-order valence-electron chi connectivity index (χ4n) is 1.16. The highest BCUT2D eigenvalue weighted by Gasteiger charge is 2.02. The molecule has 2 aromatic rings. The molecule has 0 amide bonds. The van der Waals surface area contributed by atoms with Crippen LogP contribution in [-0.4, -0.2) is 20.0 Å². The molecule has 1 N–H and O–H groups in total. The molecular weight excluding hydrogens is 258 g/mol. The Morgan fingerprint density at radius 3 is 3.07 bits per heavy atom. The summed E-state index contributed by atoms with van der Waals surface area (Å²) < 4.78 is 2.67. The van der Waals surface area contributed by atoms with Crippen LogP contribution in [0.15, 0.2) is 29.0 Å². The largest absolute Gasteiger partial charge is 0.363 e. The second kappa shape index (κ2) is 4.39. The zero-order chi connectivity index (χ0) is 10.7. The molecule has 2 rings (SSSR count). The van der Waals surface area contributed by atoms with E-state index in [-0.39, 0.29) is 0 Å². The highest BCUT2D eigenvalue weighted by molar-refractivity contribution is 9.10. The second-order valence-corrected chi connectivity index (χ2v) is 3.89. The van der Waals surface area contributed by atoms with E-state index in [0.29, 0.717) is 6.54 Å². The van der Waals surface area contributed by atoms with Crippen molar-refractivity contribution in [1.82, 2.24) is 20.0 Å². The SMILES string of the molecule is Cn1nncc1CNc1ncccc1Br. The second-order valence-electron chi connectivity index (χ2n) is 3.04. The van der Waals surface area contributed by atoms with Crippen molar-refractivity contribution < 1.29 is 0 Å². The summed E-state index contributed by atoms with van der Waals surface area (Å²) in [5.74, 6) is 0.818. The van der Waals surface area contributed by atoms with Crippen LogP contribution in [0.2, 0.25) is 0 Å². The summed E-state index contributed by atoms with van der Waals surface area (Å²) in [7, 11) is 1.86. The Bertz CT molecular complexity index is 453. The third-order valence-corrected chi connectivity index (χ3v) is 2.64. The van der Waals surface area contributed by atoms with E-state index in [2.05, 4.69) is 36.5 Å². The monoisotopic (exact) mass is 267 g/mol. The van der Waals surface area contributed by atoms with Crippen LogP contribution in [0.3, 0.4) is 0 Å². The van der Waals surface area contributed by atoms with Gasteiger partial charge in [-0.15, -0.1) is 5.10 Å². The molecule has 0 unspecified atom stereocenters. The number of halogens is 1. The summed E-state index contributed by atoms with van der Waals surface area (Å²) in [6, 6.07) is 3.82. The smallest absolute Gasteiger partial charge is 0.140 e. The summed E-state index contributed by atoms with van der Waals surface area (Å²) in [6.45, 7) is 0.652. The van der Waals surface area contributed by atoms with Gasteiger partial charge in [-0.05, 0) is 28.1 Å². The fraction of sp³-hybridized carbons (Fsp3) is 0.222. The molecule has 0 bridgehead atoms. The van der Waals surface area contributed by atoms with E-state index in [1.165, 1.54) is 0 Å². The van der Waals surface area contributed by atoms with Crippen molar-refractivity contribution in [2.75, 3.05) is 5.32 Å². The van der Waals surface area contributed by atoms with Crippen LogP contribution in [0.5, 0.6) is 0 Å². The van der Waals surface area contributed by atoms with E-state index in [1.807, 2.05) is 19.2 Å². The van der Waals surface area contributed by atoms with Gasteiger partial charge in [0.2, 0.25) is 0 Å². The van der Waals surface area contributed by atoms with Gasteiger partial charge in [0.25, 0.3) is 0 Å². The summed E-state index contributed by atoms with van der Waals surface area (Å²) in [5.41, 5.74) is 1.01. The lowest BCUT2D eigenvalue weighted by Crippen LogP contribution is -2.06. The molecule has 0 radical (unpaired) electrons. The molecular formula is C9H10BrN5. The number of hydrogen-bond acceptors (Lipinski definition) is 4. The van der Waals surface area contributed by atoms with Crippen molar-refractivity contribution in [2.24, 2.45) is 7.05 Å². The Morgan fingerprint density at radius 1 is 1.53 bits per heavy atom. The lowest BCUT2D eigenvalue weighted by molar-refractivity contribution is 0.683. The maximum atomic E-state index is 4.20. The average molecular weight is 268 g/mol. The maximum Gasteiger partial charge on any atom is 0.140 e. The molecule has 5 nitrogen and oxygen atoms in total. The summed E-state index contributed by atoms with van der Waals surface area (Å²) in [4.78, 5) is 4.20. The maximum absolute atomic E-state index is 4.20. The number of pyridine rings is 1. The lowest BCUT2D eigenvalue weighted by Gasteiger charge is -2.06. The fourth-order valence-corrected chi connectivity index (χ4v) is 1.56. The number of nitrogens with one attached hydrogen (secondary N) is 1. The van der Waals surface area contributed by atoms with Crippen LogP contribution in [0.4, 0.5) is 5.82 Å². The van der Waals surface area contributed by atoms with E-state index in [4.69, 9.17) is 0 Å². The van der Waals surface area contributed by atoms with Crippen molar-refractivity contribution in [2.45, 2.75) is 6.54 Å².